The molecule has 0 aliphatic carbocycles. The highest BCUT2D eigenvalue weighted by molar-refractivity contribution is 5.98. The van der Waals surface area contributed by atoms with Crippen molar-refractivity contribution >= 4 is 10.5 Å². The highest BCUT2D eigenvalue weighted by Crippen LogP contribution is 2.21. The Balaban J connectivity index is 3.72. The fourth-order valence-electron chi connectivity index (χ4n) is 1.74. The van der Waals surface area contributed by atoms with Gasteiger partial charge in [0, 0.05) is 6.10 Å². The van der Waals surface area contributed by atoms with Crippen molar-refractivity contribution in [3.05, 3.63) is 0 Å². The maximum absolute atomic E-state index is 5.55. The average molecular weight is 202 g/mol. The molecule has 0 aliphatic rings. The van der Waals surface area contributed by atoms with Gasteiger partial charge in [-0.25, -0.2) is 0 Å². The van der Waals surface area contributed by atoms with E-state index < -0.39 is 0 Å². The first-order valence-corrected chi connectivity index (χ1v) is 6.60. The quantitative estimate of drug-likeness (QED) is 0.550. The number of unbranched alkanes of at least 4 members (excludes halogenated alkanes) is 2. The topological polar surface area (TPSA) is 9.23 Å². The van der Waals surface area contributed by atoms with E-state index in [9.17, 15) is 0 Å². The molecule has 0 fully saturated rings. The molecule has 0 radical (unpaired) electrons. The summed E-state index contributed by atoms with van der Waals surface area (Å²) >= 11 is 0. The van der Waals surface area contributed by atoms with E-state index in [0.29, 0.717) is 6.10 Å². The van der Waals surface area contributed by atoms with Gasteiger partial charge in [-0.1, -0.05) is 39.5 Å². The zero-order valence-corrected chi connectivity index (χ0v) is 11.8. The van der Waals surface area contributed by atoms with Crippen molar-refractivity contribution in [3.63, 3.8) is 0 Å². The van der Waals surface area contributed by atoms with Crippen molar-refractivity contribution in [3.8, 4) is 0 Å². The Morgan fingerprint density at radius 3 is 1.85 bits per heavy atom. The lowest BCUT2D eigenvalue weighted by molar-refractivity contribution is 0.147. The van der Waals surface area contributed by atoms with E-state index in [1.165, 1.54) is 38.5 Å². The second kappa shape index (κ2) is 8.76. The first-order valence-electron chi connectivity index (χ1n) is 5.79. The van der Waals surface area contributed by atoms with Crippen LogP contribution < -0.4 is 0 Å². The maximum atomic E-state index is 5.55. The molecule has 80 valence electrons. The molecule has 1 nitrogen and oxygen atoms in total. The van der Waals surface area contributed by atoms with Crippen molar-refractivity contribution < 1.29 is 4.43 Å². The van der Waals surface area contributed by atoms with Gasteiger partial charge in [-0.3, -0.25) is 0 Å². The molecule has 1 unspecified atom stereocenters. The summed E-state index contributed by atoms with van der Waals surface area (Å²) in [6, 6.07) is 0. The fourth-order valence-corrected chi connectivity index (χ4v) is 2.12. The third-order valence-electron chi connectivity index (χ3n) is 2.89. The minimum atomic E-state index is 0.504. The average Bonchev–Trinajstić information content (AvgIpc) is 2.17. The minimum absolute atomic E-state index is 0.504. The van der Waals surface area contributed by atoms with E-state index in [2.05, 4.69) is 20.8 Å². The van der Waals surface area contributed by atoms with Gasteiger partial charge >= 0.3 is 0 Å². The van der Waals surface area contributed by atoms with Crippen molar-refractivity contribution in [2.75, 3.05) is 0 Å². The molecule has 0 aromatic rings. The largest absolute Gasteiger partial charge is 0.425 e. The van der Waals surface area contributed by atoms with E-state index in [1.54, 1.807) is 0 Å². The third kappa shape index (κ3) is 6.27. The van der Waals surface area contributed by atoms with Crippen LogP contribution in [0.2, 0.25) is 0 Å². The van der Waals surface area contributed by atoms with E-state index in [-0.39, 0.29) is 0 Å². The first kappa shape index (κ1) is 13.2. The summed E-state index contributed by atoms with van der Waals surface area (Å²) < 4.78 is 5.55. The van der Waals surface area contributed by atoms with Crippen LogP contribution >= 0.6 is 0 Å². The monoisotopic (exact) mass is 202 g/mol. The van der Waals surface area contributed by atoms with Crippen LogP contribution in [0.3, 0.4) is 0 Å². The van der Waals surface area contributed by atoms with Crippen LogP contribution in [0.5, 0.6) is 0 Å². The number of hydrogen-bond donors (Lipinski definition) is 0. The molecular formula is C11H26OSi. The summed E-state index contributed by atoms with van der Waals surface area (Å²) in [5.74, 6) is 0.817. The van der Waals surface area contributed by atoms with Gasteiger partial charge in [0.1, 0.15) is 10.5 Å². The van der Waals surface area contributed by atoms with Crippen molar-refractivity contribution in [2.24, 2.45) is 5.92 Å². The lowest BCUT2D eigenvalue weighted by atomic mass is 9.92. The molecule has 0 aliphatic heterocycles. The molecule has 0 N–H and O–H groups in total. The molecule has 1 atom stereocenters. The summed E-state index contributed by atoms with van der Waals surface area (Å²) in [6.45, 7) is 6.77. The number of rotatable bonds is 8. The van der Waals surface area contributed by atoms with E-state index in [1.807, 2.05) is 0 Å². The molecule has 2 heteroatoms. The molecule has 0 rings (SSSR count). The minimum Gasteiger partial charge on any atom is -0.425 e. The predicted octanol–water partition coefficient (Wildman–Crippen LogP) is 2.67. The van der Waals surface area contributed by atoms with Gasteiger partial charge in [-0.15, -0.1) is 0 Å². The van der Waals surface area contributed by atoms with Crippen LogP contribution in [0.15, 0.2) is 0 Å². The van der Waals surface area contributed by atoms with E-state index >= 15 is 0 Å². The van der Waals surface area contributed by atoms with Crippen molar-refractivity contribution in [2.45, 2.75) is 65.4 Å². The van der Waals surface area contributed by atoms with Gasteiger partial charge < -0.3 is 4.43 Å². The molecule has 0 amide bonds. The summed E-state index contributed by atoms with van der Waals surface area (Å²) in [7, 11) is 0.888. The highest BCUT2D eigenvalue weighted by Gasteiger charge is 2.14. The van der Waals surface area contributed by atoms with Crippen molar-refractivity contribution in [1.82, 2.24) is 0 Å². The molecule has 0 aromatic heterocycles. The van der Waals surface area contributed by atoms with Crippen LogP contribution in [0.4, 0.5) is 0 Å². The molecule has 0 bridgehead atoms. The summed E-state index contributed by atoms with van der Waals surface area (Å²) in [5, 5.41) is 0. The zero-order valence-electron chi connectivity index (χ0n) is 9.81. The van der Waals surface area contributed by atoms with E-state index in [4.69, 9.17) is 4.43 Å². The highest BCUT2D eigenvalue weighted by atomic mass is 28.2. The normalized spacial score (nSPS) is 13.8. The van der Waals surface area contributed by atoms with Gasteiger partial charge in [0.05, 0.1) is 0 Å². The SMILES string of the molecule is CCCCC(CCCC)C(C)O[SiH3]. The van der Waals surface area contributed by atoms with Crippen LogP contribution in [-0.4, -0.2) is 16.6 Å². The molecule has 0 heterocycles. The Kier molecular flexibility index (Phi) is 8.88. The van der Waals surface area contributed by atoms with Crippen molar-refractivity contribution in [1.29, 1.82) is 0 Å². The standard InChI is InChI=1S/C11H26OSi/c1-4-6-8-11(9-7-5-2)10(3)12-13/h10-11H,4-9H2,1-3,13H3. The third-order valence-corrected chi connectivity index (χ3v) is 3.64. The predicted molar refractivity (Wildman–Crippen MR) is 63.0 cm³/mol. The zero-order chi connectivity index (χ0) is 10.1. The van der Waals surface area contributed by atoms with Gasteiger partial charge in [0.25, 0.3) is 0 Å². The fraction of sp³-hybridized carbons (Fsp3) is 1.00. The first-order chi connectivity index (χ1) is 6.26. The second-order valence-electron chi connectivity index (χ2n) is 3.99. The smallest absolute Gasteiger partial charge is 0.146 e. The summed E-state index contributed by atoms with van der Waals surface area (Å²) in [6.07, 6.45) is 8.59. The Bertz CT molecular complexity index is 98.3. The van der Waals surface area contributed by atoms with Gasteiger partial charge in [-0.05, 0) is 25.7 Å². The molecular weight excluding hydrogens is 176 g/mol. The lowest BCUT2D eigenvalue weighted by Gasteiger charge is -2.23. The maximum Gasteiger partial charge on any atom is 0.146 e. The molecule has 0 saturated heterocycles. The Morgan fingerprint density at radius 2 is 1.54 bits per heavy atom. The Labute approximate surface area is 86.8 Å². The molecule has 0 saturated carbocycles. The van der Waals surface area contributed by atoms with E-state index in [0.717, 1.165) is 16.4 Å². The number of hydrogen-bond acceptors (Lipinski definition) is 1. The second-order valence-corrected chi connectivity index (χ2v) is 4.46. The molecule has 0 spiro atoms. The van der Waals surface area contributed by atoms with Crippen LogP contribution in [0.1, 0.15) is 59.3 Å². The lowest BCUT2D eigenvalue weighted by Crippen LogP contribution is -2.19. The summed E-state index contributed by atoms with van der Waals surface area (Å²) in [4.78, 5) is 0. The van der Waals surface area contributed by atoms with Crippen LogP contribution in [-0.2, 0) is 4.43 Å². The Hall–Kier alpha value is 0.177. The van der Waals surface area contributed by atoms with Crippen LogP contribution in [0.25, 0.3) is 0 Å². The van der Waals surface area contributed by atoms with Gasteiger partial charge in [0.15, 0.2) is 0 Å². The summed E-state index contributed by atoms with van der Waals surface area (Å²) in [5.41, 5.74) is 0. The van der Waals surface area contributed by atoms with Crippen LogP contribution in [0, 0.1) is 5.92 Å². The Morgan fingerprint density at radius 1 is 1.08 bits per heavy atom. The molecule has 13 heavy (non-hydrogen) atoms. The molecule has 0 aromatic carbocycles. The van der Waals surface area contributed by atoms with Gasteiger partial charge in [0.2, 0.25) is 0 Å². The van der Waals surface area contributed by atoms with Gasteiger partial charge in [-0.2, -0.15) is 0 Å².